The second-order valence-corrected chi connectivity index (χ2v) is 2.83. The molecule has 0 saturated heterocycles. The summed E-state index contributed by atoms with van der Waals surface area (Å²) in [7, 11) is 1.76. The van der Waals surface area contributed by atoms with E-state index in [9.17, 15) is 0 Å². The van der Waals surface area contributed by atoms with Crippen LogP contribution in [0.5, 0.6) is 0 Å². The van der Waals surface area contributed by atoms with Crippen molar-refractivity contribution in [2.75, 3.05) is 13.7 Å². The summed E-state index contributed by atoms with van der Waals surface area (Å²) in [5, 5.41) is 0. The molecule has 0 spiro atoms. The van der Waals surface area contributed by atoms with Gasteiger partial charge in [0.2, 0.25) is 0 Å². The van der Waals surface area contributed by atoms with Crippen LogP contribution in [-0.4, -0.2) is 13.7 Å². The van der Waals surface area contributed by atoms with Crippen LogP contribution in [0.1, 0.15) is 19.8 Å². The van der Waals surface area contributed by atoms with Crippen molar-refractivity contribution in [2.45, 2.75) is 19.8 Å². The molecular weight excluding hydrogens is 112 g/mol. The average Bonchev–Trinajstić information content (AvgIpc) is 2.50. The summed E-state index contributed by atoms with van der Waals surface area (Å²) in [6.07, 6.45) is 4.79. The molecule has 1 aliphatic rings. The Kier molecular flexibility index (Phi) is 2.29. The van der Waals surface area contributed by atoms with Gasteiger partial charge in [-0.3, -0.25) is 0 Å². The Morgan fingerprint density at radius 1 is 1.78 bits per heavy atom. The predicted molar refractivity (Wildman–Crippen MR) is 38.4 cm³/mol. The first kappa shape index (κ1) is 6.81. The van der Waals surface area contributed by atoms with Crippen molar-refractivity contribution < 1.29 is 4.74 Å². The molecule has 0 heterocycles. The molecule has 9 heavy (non-hydrogen) atoms. The molecule has 1 nitrogen and oxygen atoms in total. The van der Waals surface area contributed by atoms with Crippen LogP contribution >= 0.6 is 0 Å². The van der Waals surface area contributed by atoms with E-state index in [-0.39, 0.29) is 0 Å². The topological polar surface area (TPSA) is 9.23 Å². The third kappa shape index (κ3) is 2.66. The van der Waals surface area contributed by atoms with Crippen LogP contribution in [0.4, 0.5) is 0 Å². The fourth-order valence-corrected chi connectivity index (χ4v) is 1.03. The molecule has 0 bridgehead atoms. The van der Waals surface area contributed by atoms with E-state index in [1.165, 1.54) is 12.8 Å². The van der Waals surface area contributed by atoms with Crippen LogP contribution in [0.15, 0.2) is 11.6 Å². The molecule has 1 unspecified atom stereocenters. The standard InChI is InChI=1S/C8H14O/c1-7(6-9-2)5-8-3-4-8/h3,7H,4-6H2,1-2H3. The Hall–Kier alpha value is -0.300. The van der Waals surface area contributed by atoms with E-state index in [1.54, 1.807) is 12.7 Å². The monoisotopic (exact) mass is 126 g/mol. The van der Waals surface area contributed by atoms with Crippen molar-refractivity contribution >= 4 is 0 Å². The summed E-state index contributed by atoms with van der Waals surface area (Å²) in [5.41, 5.74) is 1.61. The zero-order valence-electron chi connectivity index (χ0n) is 6.18. The molecule has 0 amide bonds. The number of hydrogen-bond acceptors (Lipinski definition) is 1. The summed E-state index contributed by atoms with van der Waals surface area (Å²) >= 11 is 0. The van der Waals surface area contributed by atoms with E-state index >= 15 is 0 Å². The van der Waals surface area contributed by atoms with E-state index in [4.69, 9.17) is 4.74 Å². The van der Waals surface area contributed by atoms with Crippen LogP contribution in [0.25, 0.3) is 0 Å². The van der Waals surface area contributed by atoms with Crippen LogP contribution in [-0.2, 0) is 4.74 Å². The Balaban J connectivity index is 2.02. The maximum Gasteiger partial charge on any atom is 0.0490 e. The van der Waals surface area contributed by atoms with Crippen molar-refractivity contribution in [3.63, 3.8) is 0 Å². The molecule has 0 aromatic rings. The quantitative estimate of drug-likeness (QED) is 0.523. The Labute approximate surface area is 56.7 Å². The lowest BCUT2D eigenvalue weighted by molar-refractivity contribution is 0.160. The Morgan fingerprint density at radius 3 is 2.89 bits per heavy atom. The van der Waals surface area contributed by atoms with Crippen LogP contribution in [0.3, 0.4) is 0 Å². The lowest BCUT2D eigenvalue weighted by Gasteiger charge is -2.05. The summed E-state index contributed by atoms with van der Waals surface area (Å²) in [4.78, 5) is 0. The average molecular weight is 126 g/mol. The molecule has 0 fully saturated rings. The highest BCUT2D eigenvalue weighted by molar-refractivity contribution is 5.21. The van der Waals surface area contributed by atoms with Gasteiger partial charge in [0.15, 0.2) is 0 Å². The first-order chi connectivity index (χ1) is 4.33. The van der Waals surface area contributed by atoms with Gasteiger partial charge in [0.05, 0.1) is 0 Å². The summed E-state index contributed by atoms with van der Waals surface area (Å²) in [5.74, 6) is 0.712. The third-order valence-electron chi connectivity index (χ3n) is 1.55. The number of allylic oxidation sites excluding steroid dienone is 2. The molecule has 1 aliphatic carbocycles. The van der Waals surface area contributed by atoms with Crippen molar-refractivity contribution in [1.82, 2.24) is 0 Å². The smallest absolute Gasteiger partial charge is 0.0490 e. The minimum absolute atomic E-state index is 0.712. The van der Waals surface area contributed by atoms with Gasteiger partial charge in [0.25, 0.3) is 0 Å². The maximum absolute atomic E-state index is 5.01. The Morgan fingerprint density at radius 2 is 2.44 bits per heavy atom. The molecule has 52 valence electrons. The molecule has 0 saturated carbocycles. The second kappa shape index (κ2) is 3.02. The van der Waals surface area contributed by atoms with E-state index in [0.29, 0.717) is 5.92 Å². The lowest BCUT2D eigenvalue weighted by atomic mass is 10.1. The van der Waals surface area contributed by atoms with Gasteiger partial charge in [-0.2, -0.15) is 0 Å². The first-order valence-electron chi connectivity index (χ1n) is 3.49. The first-order valence-corrected chi connectivity index (χ1v) is 3.49. The lowest BCUT2D eigenvalue weighted by Crippen LogP contribution is -2.01. The number of methoxy groups -OCH3 is 1. The largest absolute Gasteiger partial charge is 0.384 e. The minimum atomic E-state index is 0.712. The normalized spacial score (nSPS) is 19.1. The van der Waals surface area contributed by atoms with Gasteiger partial charge >= 0.3 is 0 Å². The van der Waals surface area contributed by atoms with Gasteiger partial charge in [-0.15, -0.1) is 0 Å². The van der Waals surface area contributed by atoms with Crippen molar-refractivity contribution in [2.24, 2.45) is 5.92 Å². The van der Waals surface area contributed by atoms with E-state index in [2.05, 4.69) is 13.0 Å². The molecule has 1 rings (SSSR count). The van der Waals surface area contributed by atoms with Gasteiger partial charge in [-0.1, -0.05) is 18.6 Å². The fourth-order valence-electron chi connectivity index (χ4n) is 1.03. The molecule has 1 atom stereocenters. The summed E-state index contributed by atoms with van der Waals surface area (Å²) in [6, 6.07) is 0. The number of rotatable bonds is 4. The van der Waals surface area contributed by atoms with Crippen molar-refractivity contribution in [3.05, 3.63) is 11.6 Å². The molecule has 1 heteroatoms. The molecule has 0 aliphatic heterocycles. The molecule has 0 N–H and O–H groups in total. The van der Waals surface area contributed by atoms with Crippen LogP contribution in [0.2, 0.25) is 0 Å². The molecule has 0 radical (unpaired) electrons. The van der Waals surface area contributed by atoms with Gasteiger partial charge in [0, 0.05) is 13.7 Å². The van der Waals surface area contributed by atoms with E-state index in [0.717, 1.165) is 6.61 Å². The zero-order chi connectivity index (χ0) is 6.69. The van der Waals surface area contributed by atoms with Gasteiger partial charge in [-0.05, 0) is 18.8 Å². The molecular formula is C8H14O. The third-order valence-corrected chi connectivity index (χ3v) is 1.55. The summed E-state index contributed by atoms with van der Waals surface area (Å²) < 4.78 is 5.01. The van der Waals surface area contributed by atoms with Gasteiger partial charge < -0.3 is 4.74 Å². The minimum Gasteiger partial charge on any atom is -0.384 e. The summed E-state index contributed by atoms with van der Waals surface area (Å²) in [6.45, 7) is 3.12. The predicted octanol–water partition coefficient (Wildman–Crippen LogP) is 1.99. The zero-order valence-corrected chi connectivity index (χ0v) is 6.18. The fraction of sp³-hybridized carbons (Fsp3) is 0.750. The highest BCUT2D eigenvalue weighted by Gasteiger charge is 2.10. The van der Waals surface area contributed by atoms with Crippen molar-refractivity contribution in [1.29, 1.82) is 0 Å². The highest BCUT2D eigenvalue weighted by Crippen LogP contribution is 2.26. The number of ether oxygens (including phenoxy) is 1. The maximum atomic E-state index is 5.01. The second-order valence-electron chi connectivity index (χ2n) is 2.83. The van der Waals surface area contributed by atoms with E-state index in [1.807, 2.05) is 0 Å². The molecule has 0 aromatic heterocycles. The van der Waals surface area contributed by atoms with Crippen LogP contribution in [0, 0.1) is 5.92 Å². The molecule has 0 aromatic carbocycles. The Bertz CT molecular complexity index is 116. The number of hydrogen-bond donors (Lipinski definition) is 0. The SMILES string of the molecule is COCC(C)CC1=CC1. The van der Waals surface area contributed by atoms with Crippen molar-refractivity contribution in [3.8, 4) is 0 Å². The van der Waals surface area contributed by atoms with Gasteiger partial charge in [0.1, 0.15) is 0 Å². The highest BCUT2D eigenvalue weighted by atomic mass is 16.5. The van der Waals surface area contributed by atoms with Crippen LogP contribution < -0.4 is 0 Å². The van der Waals surface area contributed by atoms with E-state index < -0.39 is 0 Å². The van der Waals surface area contributed by atoms with Gasteiger partial charge in [-0.25, -0.2) is 0 Å².